The van der Waals surface area contributed by atoms with E-state index in [2.05, 4.69) is 5.32 Å². The lowest BCUT2D eigenvalue weighted by atomic mass is 9.44. The molecule has 3 aromatic rings. The SMILES string of the molecule is CC(=O)O[C@@]12CO[C@@H]1C[C@H](O)[C@@]1(C)C(=O)[C@H](OC(=O)CCC(=O)O)C3=C(C)[C@@H](OC(=O)[C@H](O)[C@@H](NC(=O)c4ccccc4)c4ccccc4)C[C@@](O)([C@@H](OC(=O)c4ccccc4)[C@H]21)C3(C)C. The van der Waals surface area contributed by atoms with Gasteiger partial charge in [-0.15, -0.1) is 0 Å². The van der Waals surface area contributed by atoms with Crippen molar-refractivity contribution < 1.29 is 77.7 Å². The monoisotopic (exact) mass is 911 g/mol. The topological polar surface area (TPSA) is 259 Å². The highest BCUT2D eigenvalue weighted by Gasteiger charge is 2.78. The van der Waals surface area contributed by atoms with E-state index in [1.54, 1.807) is 78.9 Å². The first-order chi connectivity index (χ1) is 31.2. The predicted molar refractivity (Wildman–Crippen MR) is 229 cm³/mol. The Bertz CT molecular complexity index is 2420. The van der Waals surface area contributed by atoms with Crippen LogP contribution in [0.2, 0.25) is 0 Å². The number of esters is 4. The number of aliphatic hydroxyl groups is 3. The third-order valence-electron chi connectivity index (χ3n) is 14.0. The second kappa shape index (κ2) is 18.2. The summed E-state index contributed by atoms with van der Waals surface area (Å²) in [6, 6.07) is 22.5. The van der Waals surface area contributed by atoms with Crippen LogP contribution in [0, 0.1) is 16.7 Å². The number of nitrogens with one attached hydrogen (secondary N) is 1. The molecule has 0 radical (unpaired) electrons. The molecule has 1 aliphatic heterocycles. The molecule has 3 fully saturated rings. The van der Waals surface area contributed by atoms with Crippen molar-refractivity contribution >= 4 is 41.5 Å². The molecule has 2 bridgehead atoms. The zero-order chi connectivity index (χ0) is 47.9. The summed E-state index contributed by atoms with van der Waals surface area (Å²) in [5.41, 5.74) is -7.81. The quantitative estimate of drug-likeness (QED) is 0.0933. The van der Waals surface area contributed by atoms with E-state index >= 15 is 4.79 Å². The summed E-state index contributed by atoms with van der Waals surface area (Å²) in [5, 5.41) is 49.9. The van der Waals surface area contributed by atoms with Gasteiger partial charge in [0.15, 0.2) is 23.6 Å². The van der Waals surface area contributed by atoms with E-state index in [1.165, 1.54) is 39.8 Å². The van der Waals surface area contributed by atoms with Crippen molar-refractivity contribution in [3.05, 3.63) is 119 Å². The number of rotatable bonds is 13. The lowest BCUT2D eigenvalue weighted by Gasteiger charge is -2.67. The van der Waals surface area contributed by atoms with Crippen molar-refractivity contribution in [1.82, 2.24) is 5.32 Å². The van der Waals surface area contributed by atoms with Crippen molar-refractivity contribution in [2.24, 2.45) is 16.7 Å². The van der Waals surface area contributed by atoms with Crippen LogP contribution in [-0.4, -0.2) is 116 Å². The number of hydrogen-bond donors (Lipinski definition) is 5. The number of benzene rings is 3. The van der Waals surface area contributed by atoms with Crippen LogP contribution in [0.4, 0.5) is 0 Å². The van der Waals surface area contributed by atoms with Gasteiger partial charge in [0.1, 0.15) is 23.9 Å². The average molecular weight is 912 g/mol. The average Bonchev–Trinajstić information content (AvgIpc) is 3.28. The minimum atomic E-state index is -2.49. The normalized spacial score (nSPS) is 30.6. The lowest BCUT2D eigenvalue weighted by Crippen LogP contribution is -2.82. The molecule has 3 aromatic carbocycles. The van der Waals surface area contributed by atoms with Crippen molar-refractivity contribution in [1.29, 1.82) is 0 Å². The van der Waals surface area contributed by atoms with E-state index in [1.807, 2.05) is 0 Å². The van der Waals surface area contributed by atoms with Gasteiger partial charge < -0.3 is 49.4 Å². The molecular weight excluding hydrogens is 859 g/mol. The second-order valence-electron chi connectivity index (χ2n) is 18.1. The van der Waals surface area contributed by atoms with Crippen LogP contribution >= 0.6 is 0 Å². The summed E-state index contributed by atoms with van der Waals surface area (Å²) < 4.78 is 30.4. The number of hydrogen-bond acceptors (Lipinski definition) is 15. The Morgan fingerprint density at radius 1 is 0.848 bits per heavy atom. The van der Waals surface area contributed by atoms with Crippen LogP contribution in [0.5, 0.6) is 0 Å². The van der Waals surface area contributed by atoms with Crippen molar-refractivity contribution in [3.63, 3.8) is 0 Å². The van der Waals surface area contributed by atoms with Crippen LogP contribution < -0.4 is 5.32 Å². The Morgan fingerprint density at radius 2 is 1.44 bits per heavy atom. The maximum Gasteiger partial charge on any atom is 0.338 e. The number of Topliss-reactive ketones (excluding diaryl/α,β-unsaturated/α-hetero) is 1. The van der Waals surface area contributed by atoms with E-state index in [0.717, 1.165) is 6.92 Å². The van der Waals surface area contributed by atoms with Crippen LogP contribution in [0.3, 0.4) is 0 Å². The van der Waals surface area contributed by atoms with Gasteiger partial charge in [-0.25, -0.2) is 9.59 Å². The van der Waals surface area contributed by atoms with E-state index in [9.17, 15) is 49.2 Å². The number of amides is 1. The minimum Gasteiger partial charge on any atom is -0.481 e. The zero-order valence-electron chi connectivity index (χ0n) is 37.0. The van der Waals surface area contributed by atoms with Crippen LogP contribution in [0.25, 0.3) is 0 Å². The van der Waals surface area contributed by atoms with Gasteiger partial charge in [-0.05, 0) is 54.8 Å². The summed E-state index contributed by atoms with van der Waals surface area (Å²) in [4.78, 5) is 96.2. The lowest BCUT2D eigenvalue weighted by molar-refractivity contribution is -0.346. The number of fused-ring (bicyclic) bond motifs is 5. The molecule has 5 N–H and O–H groups in total. The van der Waals surface area contributed by atoms with Gasteiger partial charge in [-0.1, -0.05) is 80.6 Å². The first kappa shape index (κ1) is 47.7. The smallest absolute Gasteiger partial charge is 0.338 e. The molecule has 1 saturated heterocycles. The number of ketones is 1. The molecule has 7 rings (SSSR count). The number of aliphatic carboxylic acids is 1. The molecule has 3 aliphatic carbocycles. The van der Waals surface area contributed by atoms with Crippen LogP contribution in [0.1, 0.15) is 92.6 Å². The van der Waals surface area contributed by atoms with Crippen molar-refractivity contribution in [3.8, 4) is 0 Å². The highest BCUT2D eigenvalue weighted by molar-refractivity contribution is 5.96. The van der Waals surface area contributed by atoms with Crippen molar-refractivity contribution in [2.45, 2.75) is 114 Å². The number of carboxylic acid groups (broad SMARTS) is 1. The molecule has 0 unspecified atom stereocenters. The van der Waals surface area contributed by atoms with E-state index in [-0.39, 0.29) is 35.3 Å². The molecule has 0 aromatic heterocycles. The Kier molecular flexibility index (Phi) is 13.1. The summed E-state index contributed by atoms with van der Waals surface area (Å²) in [6.07, 6.45) is -12.6. The maximum atomic E-state index is 15.7. The highest BCUT2D eigenvalue weighted by Crippen LogP contribution is 2.64. The standard InChI is InChI=1S/C49H53NO16/c1-26-31(63-45(60)38(56)37(28-15-9-6-10-16-28)50-43(58)29-17-11-7-12-18-29)24-49(61)42(65-44(59)30-19-13-8-14-20-30)40-47(5,32(52)23-33-48(40,25-62-33)66-27(2)51)41(57)39(36(26)46(49,3)4)64-35(55)22-21-34(53)54/h6-20,31-33,37-40,42,52,56,61H,21-25H2,1-5H3,(H,50,58)(H,53,54)/t31-,32-,33+,37-,38+,39+,40-,42-,47+,48-,49+/m0/s1. The zero-order valence-corrected chi connectivity index (χ0v) is 37.0. The van der Waals surface area contributed by atoms with Gasteiger partial charge in [-0.3, -0.25) is 24.0 Å². The molecular formula is C49H53NO16. The fourth-order valence-corrected chi connectivity index (χ4v) is 10.4. The molecule has 1 heterocycles. The number of carbonyl (C=O) groups is 7. The fourth-order valence-electron chi connectivity index (χ4n) is 10.4. The number of ether oxygens (including phenoxy) is 5. The van der Waals surface area contributed by atoms with Gasteiger partial charge in [0, 0.05) is 30.7 Å². The third-order valence-corrected chi connectivity index (χ3v) is 14.0. The second-order valence-corrected chi connectivity index (χ2v) is 18.1. The molecule has 4 aliphatic rings. The molecule has 2 saturated carbocycles. The van der Waals surface area contributed by atoms with E-state index < -0.39 is 131 Å². The first-order valence-corrected chi connectivity index (χ1v) is 21.6. The Hall–Kier alpha value is -6.27. The number of carboxylic acids is 1. The molecule has 11 atom stereocenters. The van der Waals surface area contributed by atoms with Gasteiger partial charge in [-0.2, -0.15) is 0 Å². The van der Waals surface area contributed by atoms with Gasteiger partial charge in [0.05, 0.1) is 48.5 Å². The third kappa shape index (κ3) is 8.29. The minimum absolute atomic E-state index is 0.0249. The molecule has 17 heteroatoms. The van der Waals surface area contributed by atoms with Gasteiger partial charge in [0.2, 0.25) is 0 Å². The Labute approximate surface area is 380 Å². The van der Waals surface area contributed by atoms with Crippen molar-refractivity contribution in [2.75, 3.05) is 6.61 Å². The van der Waals surface area contributed by atoms with E-state index in [4.69, 9.17) is 23.7 Å². The highest BCUT2D eigenvalue weighted by atomic mass is 16.6. The number of carbonyl (C=O) groups excluding carboxylic acids is 6. The summed E-state index contributed by atoms with van der Waals surface area (Å²) >= 11 is 0. The maximum absolute atomic E-state index is 15.7. The number of aliphatic hydroxyl groups excluding tert-OH is 2. The molecule has 66 heavy (non-hydrogen) atoms. The summed E-state index contributed by atoms with van der Waals surface area (Å²) in [6.45, 7) is 6.52. The summed E-state index contributed by atoms with van der Waals surface area (Å²) in [7, 11) is 0. The molecule has 17 nitrogen and oxygen atoms in total. The Balaban J connectivity index is 1.40. The van der Waals surface area contributed by atoms with Gasteiger partial charge in [0.25, 0.3) is 5.91 Å². The predicted octanol–water partition coefficient (Wildman–Crippen LogP) is 3.58. The first-order valence-electron chi connectivity index (χ1n) is 21.6. The van der Waals surface area contributed by atoms with Crippen LogP contribution in [-0.2, 0) is 47.7 Å². The van der Waals surface area contributed by atoms with Crippen LogP contribution in [0.15, 0.2) is 102 Å². The Morgan fingerprint density at radius 3 is 2.00 bits per heavy atom. The molecule has 350 valence electrons. The molecule has 0 spiro atoms. The molecule has 1 amide bonds. The van der Waals surface area contributed by atoms with Gasteiger partial charge >= 0.3 is 29.8 Å². The summed E-state index contributed by atoms with van der Waals surface area (Å²) in [5.74, 6) is -8.84. The largest absolute Gasteiger partial charge is 0.481 e. The van der Waals surface area contributed by atoms with E-state index in [0.29, 0.717) is 5.56 Å². The fraction of sp³-hybridized carbons (Fsp3) is 0.449.